The molecule has 154 valence electrons. The summed E-state index contributed by atoms with van der Waals surface area (Å²) >= 11 is 5.89. The van der Waals surface area contributed by atoms with Gasteiger partial charge in [-0.3, -0.25) is 10.2 Å². The molecule has 0 aliphatic carbocycles. The molecule has 2 N–H and O–H groups in total. The largest absolute Gasteiger partial charge is 0.443 e. The number of hydrogen-bond acceptors (Lipinski definition) is 5. The minimum atomic E-state index is -0.685. The second-order valence-corrected chi connectivity index (χ2v) is 8.02. The zero-order valence-electron chi connectivity index (χ0n) is 16.3. The average Bonchev–Trinajstić information content (AvgIpc) is 2.99. The number of benzene rings is 1. The van der Waals surface area contributed by atoms with E-state index in [9.17, 15) is 14.0 Å². The number of rotatable bonds is 4. The van der Waals surface area contributed by atoms with Gasteiger partial charge in [0.2, 0.25) is 5.91 Å². The smallest absolute Gasteiger partial charge is 0.422 e. The third kappa shape index (κ3) is 5.21. The first-order chi connectivity index (χ1) is 13.6. The molecule has 29 heavy (non-hydrogen) atoms. The van der Waals surface area contributed by atoms with Crippen LogP contribution in [0.3, 0.4) is 0 Å². The number of pyridine rings is 1. The van der Waals surface area contributed by atoms with Crippen LogP contribution in [0.25, 0.3) is 11.1 Å². The van der Waals surface area contributed by atoms with Crippen LogP contribution in [0, 0.1) is 5.82 Å². The maximum Gasteiger partial charge on any atom is 0.422 e. The normalized spacial score (nSPS) is 16.8. The van der Waals surface area contributed by atoms with Crippen molar-refractivity contribution >= 4 is 29.3 Å². The quantitative estimate of drug-likeness (QED) is 0.582. The number of anilines is 1. The van der Waals surface area contributed by atoms with Crippen molar-refractivity contribution in [2.75, 3.05) is 11.4 Å². The summed E-state index contributed by atoms with van der Waals surface area (Å²) in [7, 11) is 0. The second kappa shape index (κ2) is 8.34. The van der Waals surface area contributed by atoms with Gasteiger partial charge in [-0.15, -0.1) is 0 Å². The predicted molar refractivity (Wildman–Crippen MR) is 108 cm³/mol. The standard InChI is InChI=1S/C20H22ClFN4O3/c1-20(2,3)29-19(28)25-24-15-7-9-26(18(15)27)16-5-4-12(10-14(16)22)13-6-8-23-17(21)11-13/h4-6,8,10-11,15,24H,7,9H2,1-3H3,(H,25,28)/t15-/m0/s1. The Morgan fingerprint density at radius 3 is 2.66 bits per heavy atom. The molecule has 1 saturated heterocycles. The van der Waals surface area contributed by atoms with Gasteiger partial charge in [0.1, 0.15) is 22.6 Å². The predicted octanol–water partition coefficient (Wildman–Crippen LogP) is 3.68. The molecule has 1 aromatic heterocycles. The Hall–Kier alpha value is -2.71. The van der Waals surface area contributed by atoms with Crippen LogP contribution in [0.1, 0.15) is 27.2 Å². The topological polar surface area (TPSA) is 83.6 Å². The summed E-state index contributed by atoms with van der Waals surface area (Å²) in [5.74, 6) is -0.857. The van der Waals surface area contributed by atoms with Crippen LogP contribution in [-0.4, -0.2) is 35.2 Å². The summed E-state index contributed by atoms with van der Waals surface area (Å²) < 4.78 is 19.9. The Morgan fingerprint density at radius 2 is 2.00 bits per heavy atom. The molecule has 1 aromatic carbocycles. The number of nitrogens with zero attached hydrogens (tertiary/aromatic N) is 2. The minimum absolute atomic E-state index is 0.181. The van der Waals surface area contributed by atoms with E-state index in [0.29, 0.717) is 23.7 Å². The van der Waals surface area contributed by atoms with Gasteiger partial charge in [0, 0.05) is 12.7 Å². The number of amides is 2. The highest BCUT2D eigenvalue weighted by atomic mass is 35.5. The van der Waals surface area contributed by atoms with Gasteiger partial charge in [-0.1, -0.05) is 17.7 Å². The molecular formula is C20H22ClFN4O3. The van der Waals surface area contributed by atoms with Crippen molar-refractivity contribution in [3.05, 3.63) is 47.5 Å². The van der Waals surface area contributed by atoms with E-state index in [0.717, 1.165) is 5.56 Å². The van der Waals surface area contributed by atoms with Gasteiger partial charge in [-0.2, -0.15) is 0 Å². The molecule has 7 nitrogen and oxygen atoms in total. The zero-order valence-corrected chi connectivity index (χ0v) is 17.1. The van der Waals surface area contributed by atoms with Crippen LogP contribution in [0.15, 0.2) is 36.5 Å². The van der Waals surface area contributed by atoms with Crippen molar-refractivity contribution in [3.8, 4) is 11.1 Å². The molecule has 0 bridgehead atoms. The van der Waals surface area contributed by atoms with Gasteiger partial charge >= 0.3 is 6.09 Å². The SMILES string of the molecule is CC(C)(C)OC(=O)NN[C@H]1CCN(c2ccc(-c3ccnc(Cl)c3)cc2F)C1=O. The van der Waals surface area contributed by atoms with E-state index in [-0.39, 0.29) is 11.6 Å². The molecule has 2 aromatic rings. The fraction of sp³-hybridized carbons (Fsp3) is 0.350. The number of nitrogens with one attached hydrogen (secondary N) is 2. The summed E-state index contributed by atoms with van der Waals surface area (Å²) in [4.78, 5) is 29.6. The van der Waals surface area contributed by atoms with E-state index in [1.807, 2.05) is 0 Å². The minimum Gasteiger partial charge on any atom is -0.443 e. The van der Waals surface area contributed by atoms with Gasteiger partial charge in [-0.25, -0.2) is 19.6 Å². The Morgan fingerprint density at radius 1 is 1.28 bits per heavy atom. The van der Waals surface area contributed by atoms with Crippen molar-refractivity contribution in [3.63, 3.8) is 0 Å². The van der Waals surface area contributed by atoms with Crippen LogP contribution >= 0.6 is 11.6 Å². The van der Waals surface area contributed by atoms with Crippen LogP contribution in [0.2, 0.25) is 5.15 Å². The highest BCUT2D eigenvalue weighted by Gasteiger charge is 2.34. The zero-order chi connectivity index (χ0) is 21.2. The van der Waals surface area contributed by atoms with Crippen LogP contribution in [0.5, 0.6) is 0 Å². The summed E-state index contributed by atoms with van der Waals surface area (Å²) in [6.07, 6.45) is 1.27. The lowest BCUT2D eigenvalue weighted by atomic mass is 10.1. The van der Waals surface area contributed by atoms with E-state index >= 15 is 0 Å². The third-order valence-electron chi connectivity index (χ3n) is 4.25. The van der Waals surface area contributed by atoms with Crippen LogP contribution < -0.4 is 15.8 Å². The first-order valence-corrected chi connectivity index (χ1v) is 9.49. The van der Waals surface area contributed by atoms with Gasteiger partial charge in [0.15, 0.2) is 0 Å². The fourth-order valence-corrected chi connectivity index (χ4v) is 3.16. The number of ether oxygens (including phenoxy) is 1. The number of hydrazine groups is 1. The van der Waals surface area contributed by atoms with E-state index in [4.69, 9.17) is 16.3 Å². The highest BCUT2D eigenvalue weighted by molar-refractivity contribution is 6.29. The number of halogens is 2. The van der Waals surface area contributed by atoms with Crippen molar-refractivity contribution in [1.29, 1.82) is 0 Å². The molecule has 3 rings (SSSR count). The third-order valence-corrected chi connectivity index (χ3v) is 4.46. The Balaban J connectivity index is 1.67. The van der Waals surface area contributed by atoms with Crippen molar-refractivity contribution in [2.45, 2.75) is 38.8 Å². The molecule has 2 amide bonds. The van der Waals surface area contributed by atoms with E-state index in [2.05, 4.69) is 15.8 Å². The van der Waals surface area contributed by atoms with Gasteiger partial charge in [0.05, 0.1) is 5.69 Å². The summed E-state index contributed by atoms with van der Waals surface area (Å²) in [5, 5.41) is 0.313. The number of carbonyl (C=O) groups is 2. The molecule has 0 spiro atoms. The van der Waals surface area contributed by atoms with Gasteiger partial charge in [0.25, 0.3) is 0 Å². The lowest BCUT2D eigenvalue weighted by Crippen LogP contribution is -2.49. The number of aromatic nitrogens is 1. The molecular weight excluding hydrogens is 399 g/mol. The molecule has 0 radical (unpaired) electrons. The highest BCUT2D eigenvalue weighted by Crippen LogP contribution is 2.29. The molecule has 1 atom stereocenters. The monoisotopic (exact) mass is 420 g/mol. The molecule has 1 aliphatic heterocycles. The maximum atomic E-state index is 14.7. The van der Waals surface area contributed by atoms with Crippen LogP contribution in [0.4, 0.5) is 14.9 Å². The molecule has 1 fully saturated rings. The Bertz CT molecular complexity index is 932. The van der Waals surface area contributed by atoms with Gasteiger partial charge < -0.3 is 9.64 Å². The Labute approximate surface area is 173 Å². The molecule has 2 heterocycles. The summed E-state index contributed by atoms with van der Waals surface area (Å²) in [6, 6.07) is 7.33. The molecule has 1 aliphatic rings. The fourth-order valence-electron chi connectivity index (χ4n) is 2.99. The first kappa shape index (κ1) is 21.0. The van der Waals surface area contributed by atoms with Crippen LogP contribution in [-0.2, 0) is 9.53 Å². The lowest BCUT2D eigenvalue weighted by Gasteiger charge is -2.21. The van der Waals surface area contributed by atoms with E-state index in [1.54, 1.807) is 51.2 Å². The number of carbonyl (C=O) groups excluding carboxylic acids is 2. The number of hydrogen-bond donors (Lipinski definition) is 2. The lowest BCUT2D eigenvalue weighted by molar-refractivity contribution is -0.119. The van der Waals surface area contributed by atoms with E-state index in [1.165, 1.54) is 11.0 Å². The van der Waals surface area contributed by atoms with Crippen molar-refractivity contribution in [1.82, 2.24) is 15.8 Å². The van der Waals surface area contributed by atoms with Gasteiger partial charge in [-0.05, 0) is 62.6 Å². The molecule has 0 unspecified atom stereocenters. The maximum absolute atomic E-state index is 14.7. The molecule has 0 saturated carbocycles. The van der Waals surface area contributed by atoms with Crippen molar-refractivity contribution in [2.24, 2.45) is 0 Å². The van der Waals surface area contributed by atoms with Crippen molar-refractivity contribution < 1.29 is 18.7 Å². The van der Waals surface area contributed by atoms with E-state index < -0.39 is 23.6 Å². The second-order valence-electron chi connectivity index (χ2n) is 7.64. The first-order valence-electron chi connectivity index (χ1n) is 9.11. The summed E-state index contributed by atoms with van der Waals surface area (Å²) in [6.45, 7) is 5.54. The summed E-state index contributed by atoms with van der Waals surface area (Å²) in [5.41, 5.74) is 5.90. The average molecular weight is 421 g/mol. The molecule has 9 heteroatoms. The Kier molecular flexibility index (Phi) is 6.04.